The molecule has 1 aliphatic heterocycles. The molecule has 1 saturated heterocycles. The van der Waals surface area contributed by atoms with Gasteiger partial charge in [0.1, 0.15) is 24.2 Å². The van der Waals surface area contributed by atoms with Crippen LogP contribution < -0.4 is 17.0 Å². The van der Waals surface area contributed by atoms with Crippen LogP contribution in [0.1, 0.15) is 12.6 Å². The molecule has 2 rings (SSSR count). The SMILES string of the molecule is Nc1cn([C@@H]2CC(F)[C@H](CO)O2)c(=O)[nH]c1=O. The van der Waals surface area contributed by atoms with Crippen LogP contribution in [0, 0.1) is 0 Å². The summed E-state index contributed by atoms with van der Waals surface area (Å²) in [6.07, 6.45) is -2.14. The number of rotatable bonds is 2. The highest BCUT2D eigenvalue weighted by molar-refractivity contribution is 5.30. The van der Waals surface area contributed by atoms with Crippen molar-refractivity contribution >= 4 is 5.69 Å². The third-order valence-electron chi connectivity index (χ3n) is 2.65. The monoisotopic (exact) mass is 245 g/mol. The summed E-state index contributed by atoms with van der Waals surface area (Å²) in [6, 6.07) is 0. The van der Waals surface area contributed by atoms with Gasteiger partial charge in [0.15, 0.2) is 0 Å². The summed E-state index contributed by atoms with van der Waals surface area (Å²) in [5, 5.41) is 8.83. The van der Waals surface area contributed by atoms with E-state index >= 15 is 0 Å². The number of H-pyrrole nitrogens is 1. The van der Waals surface area contributed by atoms with Gasteiger partial charge in [-0.1, -0.05) is 0 Å². The summed E-state index contributed by atoms with van der Waals surface area (Å²) in [5.74, 6) is 0. The van der Waals surface area contributed by atoms with Crippen molar-refractivity contribution in [3.63, 3.8) is 0 Å². The quantitative estimate of drug-likeness (QED) is 0.602. The first-order chi connectivity index (χ1) is 8.02. The van der Waals surface area contributed by atoms with Gasteiger partial charge in [-0.05, 0) is 0 Å². The number of nitrogens with zero attached hydrogens (tertiary/aromatic N) is 1. The van der Waals surface area contributed by atoms with Crippen LogP contribution in [-0.2, 0) is 4.74 Å². The Balaban J connectivity index is 2.34. The minimum absolute atomic E-state index is 0.0728. The zero-order valence-corrected chi connectivity index (χ0v) is 8.80. The summed E-state index contributed by atoms with van der Waals surface area (Å²) in [6.45, 7) is -0.467. The van der Waals surface area contributed by atoms with E-state index in [1.807, 2.05) is 4.98 Å². The lowest BCUT2D eigenvalue weighted by Crippen LogP contribution is -2.33. The molecule has 0 spiro atoms. The average molecular weight is 245 g/mol. The van der Waals surface area contributed by atoms with Crippen molar-refractivity contribution in [3.8, 4) is 0 Å². The zero-order valence-electron chi connectivity index (χ0n) is 8.80. The maximum atomic E-state index is 13.3. The maximum absolute atomic E-state index is 13.3. The van der Waals surface area contributed by atoms with Crippen LogP contribution >= 0.6 is 0 Å². The van der Waals surface area contributed by atoms with Crippen molar-refractivity contribution < 1.29 is 14.2 Å². The zero-order chi connectivity index (χ0) is 12.6. The molecule has 1 aliphatic rings. The van der Waals surface area contributed by atoms with Crippen molar-refractivity contribution in [3.05, 3.63) is 27.0 Å². The van der Waals surface area contributed by atoms with Crippen LogP contribution in [0.3, 0.4) is 0 Å². The van der Waals surface area contributed by atoms with Crippen LogP contribution in [0.25, 0.3) is 0 Å². The van der Waals surface area contributed by atoms with Gasteiger partial charge in [-0.3, -0.25) is 14.3 Å². The van der Waals surface area contributed by atoms with Gasteiger partial charge in [0.05, 0.1) is 6.61 Å². The standard InChI is InChI=1S/C9H12FN3O4/c10-4-1-7(17-6(4)3-14)13-2-5(11)8(15)12-9(13)16/h2,4,6-7,14H,1,3,11H2,(H,12,15,16)/t4?,6-,7-/m0/s1. The molecule has 0 bridgehead atoms. The second-order valence-corrected chi connectivity index (χ2v) is 3.81. The second kappa shape index (κ2) is 4.30. The van der Waals surface area contributed by atoms with E-state index in [1.165, 1.54) is 0 Å². The first kappa shape index (κ1) is 11.8. The molecule has 0 aliphatic carbocycles. The number of halogens is 1. The average Bonchev–Trinajstić information content (AvgIpc) is 2.65. The first-order valence-electron chi connectivity index (χ1n) is 5.04. The molecule has 1 unspecified atom stereocenters. The molecule has 4 N–H and O–H groups in total. The van der Waals surface area contributed by atoms with E-state index in [2.05, 4.69) is 0 Å². The lowest BCUT2D eigenvalue weighted by Gasteiger charge is -2.14. The Morgan fingerprint density at radius 1 is 1.65 bits per heavy atom. The molecule has 8 heteroatoms. The van der Waals surface area contributed by atoms with Crippen LogP contribution in [0.15, 0.2) is 15.8 Å². The van der Waals surface area contributed by atoms with Crippen LogP contribution in [0.5, 0.6) is 0 Å². The summed E-state index contributed by atoms with van der Waals surface area (Å²) in [7, 11) is 0. The molecular formula is C9H12FN3O4. The lowest BCUT2D eigenvalue weighted by atomic mass is 10.2. The number of aliphatic hydroxyl groups is 1. The molecule has 17 heavy (non-hydrogen) atoms. The van der Waals surface area contributed by atoms with Gasteiger partial charge in [0.25, 0.3) is 5.56 Å². The molecule has 1 fully saturated rings. The molecule has 94 valence electrons. The highest BCUT2D eigenvalue weighted by atomic mass is 19.1. The minimum Gasteiger partial charge on any atom is -0.394 e. The number of hydrogen-bond acceptors (Lipinski definition) is 5. The second-order valence-electron chi connectivity index (χ2n) is 3.81. The van der Waals surface area contributed by atoms with Crippen molar-refractivity contribution in [2.45, 2.75) is 24.9 Å². The fourth-order valence-electron chi connectivity index (χ4n) is 1.74. The van der Waals surface area contributed by atoms with E-state index in [0.29, 0.717) is 0 Å². The summed E-state index contributed by atoms with van der Waals surface area (Å²) >= 11 is 0. The van der Waals surface area contributed by atoms with Gasteiger partial charge in [-0.25, -0.2) is 9.18 Å². The van der Waals surface area contributed by atoms with Crippen LogP contribution in [0.4, 0.5) is 10.1 Å². The third-order valence-corrected chi connectivity index (χ3v) is 2.65. The Kier molecular flexibility index (Phi) is 2.99. The number of anilines is 1. The number of ether oxygens (including phenoxy) is 1. The Morgan fingerprint density at radius 2 is 2.35 bits per heavy atom. The van der Waals surface area contributed by atoms with E-state index in [4.69, 9.17) is 15.6 Å². The number of hydrogen-bond donors (Lipinski definition) is 3. The van der Waals surface area contributed by atoms with Crippen LogP contribution in [0.2, 0.25) is 0 Å². The Hall–Kier alpha value is -1.67. The van der Waals surface area contributed by atoms with Gasteiger partial charge in [0.2, 0.25) is 0 Å². The predicted molar refractivity (Wildman–Crippen MR) is 56.2 cm³/mol. The van der Waals surface area contributed by atoms with E-state index in [1.54, 1.807) is 0 Å². The van der Waals surface area contributed by atoms with E-state index in [0.717, 1.165) is 10.8 Å². The normalized spacial score (nSPS) is 28.5. The van der Waals surface area contributed by atoms with Gasteiger partial charge < -0.3 is 15.6 Å². The largest absolute Gasteiger partial charge is 0.394 e. The highest BCUT2D eigenvalue weighted by Crippen LogP contribution is 2.29. The minimum atomic E-state index is -1.36. The highest BCUT2D eigenvalue weighted by Gasteiger charge is 2.36. The molecule has 0 radical (unpaired) electrons. The number of aromatic nitrogens is 2. The predicted octanol–water partition coefficient (Wildman–Crippen LogP) is -1.26. The molecule has 0 amide bonds. The number of aromatic amines is 1. The Labute approximate surface area is 94.6 Å². The van der Waals surface area contributed by atoms with Crippen molar-refractivity contribution in [1.82, 2.24) is 9.55 Å². The Morgan fingerprint density at radius 3 is 2.94 bits per heavy atom. The third kappa shape index (κ3) is 2.08. The molecule has 1 aromatic rings. The summed E-state index contributed by atoms with van der Waals surface area (Å²) in [4.78, 5) is 24.5. The summed E-state index contributed by atoms with van der Waals surface area (Å²) in [5.41, 5.74) is 3.78. The van der Waals surface area contributed by atoms with Gasteiger partial charge in [-0.15, -0.1) is 0 Å². The molecule has 3 atom stereocenters. The smallest absolute Gasteiger partial charge is 0.330 e. The van der Waals surface area contributed by atoms with Crippen molar-refractivity contribution in [2.75, 3.05) is 12.3 Å². The number of nitrogens with one attached hydrogen (secondary N) is 1. The summed E-state index contributed by atoms with van der Waals surface area (Å²) < 4.78 is 19.5. The molecular weight excluding hydrogens is 233 g/mol. The number of aliphatic hydroxyl groups excluding tert-OH is 1. The molecule has 2 heterocycles. The van der Waals surface area contributed by atoms with Gasteiger partial charge in [-0.2, -0.15) is 0 Å². The topological polar surface area (TPSA) is 110 Å². The molecule has 1 aromatic heterocycles. The molecule has 0 aromatic carbocycles. The van der Waals surface area contributed by atoms with Crippen LogP contribution in [-0.4, -0.2) is 33.5 Å². The maximum Gasteiger partial charge on any atom is 0.330 e. The fraction of sp³-hybridized carbons (Fsp3) is 0.556. The number of alkyl halides is 1. The van der Waals surface area contributed by atoms with E-state index in [-0.39, 0.29) is 12.1 Å². The van der Waals surface area contributed by atoms with Gasteiger partial charge in [0, 0.05) is 12.6 Å². The van der Waals surface area contributed by atoms with Crippen molar-refractivity contribution in [1.29, 1.82) is 0 Å². The van der Waals surface area contributed by atoms with Gasteiger partial charge >= 0.3 is 5.69 Å². The van der Waals surface area contributed by atoms with E-state index < -0.39 is 36.4 Å². The molecule has 7 nitrogen and oxygen atoms in total. The Bertz CT molecular complexity index is 526. The molecule has 0 saturated carbocycles. The number of nitrogen functional groups attached to an aromatic ring is 1. The number of nitrogens with two attached hydrogens (primary N) is 1. The van der Waals surface area contributed by atoms with Crippen molar-refractivity contribution in [2.24, 2.45) is 0 Å². The van der Waals surface area contributed by atoms with E-state index in [9.17, 15) is 14.0 Å². The lowest BCUT2D eigenvalue weighted by molar-refractivity contribution is -0.0355. The first-order valence-corrected chi connectivity index (χ1v) is 5.04. The fourth-order valence-corrected chi connectivity index (χ4v) is 1.74.